The van der Waals surface area contributed by atoms with Crippen molar-refractivity contribution in [3.8, 4) is 44.5 Å². The fraction of sp³-hybridized carbons (Fsp3) is 0.0476. The van der Waals surface area contributed by atoms with Gasteiger partial charge in [-0.25, -0.2) is 0 Å². The molecule has 0 radical (unpaired) electrons. The van der Waals surface area contributed by atoms with Gasteiger partial charge < -0.3 is 0 Å². The molecule has 0 aliphatic carbocycles. The second kappa shape index (κ2) is 11.0. The summed E-state index contributed by atoms with van der Waals surface area (Å²) in [5.74, 6) is 0. The Hall–Kier alpha value is -5.62. The fourth-order valence-electron chi connectivity index (χ4n) is 6.86. The summed E-state index contributed by atoms with van der Waals surface area (Å²) < 4.78 is 81.1. The lowest BCUT2D eigenvalue weighted by atomic mass is 9.82. The van der Waals surface area contributed by atoms with Crippen molar-refractivity contribution in [1.29, 1.82) is 0 Å². The number of hydrogen-bond donors (Lipinski definition) is 0. The summed E-state index contributed by atoms with van der Waals surface area (Å²) in [6.07, 6.45) is -8.92. The lowest BCUT2D eigenvalue weighted by Gasteiger charge is -2.21. The molecule has 0 saturated carbocycles. The van der Waals surface area contributed by atoms with Gasteiger partial charge in [0.15, 0.2) is 0 Å². The summed E-state index contributed by atoms with van der Waals surface area (Å²) in [7, 11) is 0. The van der Waals surface area contributed by atoms with E-state index in [0.717, 1.165) is 90.0 Å². The Morgan fingerprint density at radius 3 is 0.833 bits per heavy atom. The molecule has 0 aliphatic rings. The highest BCUT2D eigenvalue weighted by atomic mass is 19.4. The second-order valence-electron chi connectivity index (χ2n) is 11.9. The minimum Gasteiger partial charge on any atom is -0.166 e. The Morgan fingerprint density at radius 1 is 0.292 bits per heavy atom. The normalized spacial score (nSPS) is 12.4. The Balaban J connectivity index is 1.50. The monoisotopic (exact) mass is 642 g/mol. The summed E-state index contributed by atoms with van der Waals surface area (Å²) in [5, 5.41) is 5.54. The van der Waals surface area contributed by atoms with Gasteiger partial charge in [-0.2, -0.15) is 26.3 Å². The summed E-state index contributed by atoms with van der Waals surface area (Å²) >= 11 is 0. The maximum absolute atomic E-state index is 13.5. The van der Waals surface area contributed by atoms with Gasteiger partial charge in [0.05, 0.1) is 11.1 Å². The third-order valence-electron chi connectivity index (χ3n) is 9.11. The molecular weight excluding hydrogens is 618 g/mol. The molecule has 0 nitrogen and oxygen atoms in total. The average Bonchev–Trinajstić information content (AvgIpc) is 3.10. The quantitative estimate of drug-likeness (QED) is 0.132. The van der Waals surface area contributed by atoms with E-state index in [9.17, 15) is 26.3 Å². The van der Waals surface area contributed by atoms with Gasteiger partial charge in [0.2, 0.25) is 0 Å². The van der Waals surface area contributed by atoms with Gasteiger partial charge in [-0.05, 0) is 113 Å². The smallest absolute Gasteiger partial charge is 0.166 e. The molecule has 0 fully saturated rings. The third kappa shape index (κ3) is 4.96. The first kappa shape index (κ1) is 29.8. The van der Waals surface area contributed by atoms with E-state index in [1.807, 2.05) is 84.9 Å². The summed E-state index contributed by atoms with van der Waals surface area (Å²) in [6.45, 7) is 0. The Morgan fingerprint density at radius 2 is 0.562 bits per heavy atom. The lowest BCUT2D eigenvalue weighted by molar-refractivity contribution is -0.138. The van der Waals surface area contributed by atoms with Crippen molar-refractivity contribution in [2.24, 2.45) is 0 Å². The molecule has 6 heteroatoms. The van der Waals surface area contributed by atoms with Crippen LogP contribution < -0.4 is 0 Å². The van der Waals surface area contributed by atoms with E-state index >= 15 is 0 Å². The van der Waals surface area contributed by atoms with E-state index in [1.54, 1.807) is 0 Å². The van der Waals surface area contributed by atoms with Crippen LogP contribution in [0.1, 0.15) is 11.1 Å². The molecule has 0 spiro atoms. The first-order valence-electron chi connectivity index (χ1n) is 15.3. The van der Waals surface area contributed by atoms with E-state index in [2.05, 4.69) is 12.1 Å². The van der Waals surface area contributed by atoms with E-state index < -0.39 is 23.5 Å². The zero-order chi connectivity index (χ0) is 33.2. The molecule has 0 atom stereocenters. The lowest BCUT2D eigenvalue weighted by Crippen LogP contribution is -2.04. The van der Waals surface area contributed by atoms with Gasteiger partial charge >= 0.3 is 12.4 Å². The third-order valence-corrected chi connectivity index (χ3v) is 9.11. The van der Waals surface area contributed by atoms with Crippen LogP contribution in [0.2, 0.25) is 0 Å². The van der Waals surface area contributed by atoms with E-state index in [4.69, 9.17) is 0 Å². The summed E-state index contributed by atoms with van der Waals surface area (Å²) in [5.41, 5.74) is 5.17. The molecule has 0 saturated heterocycles. The Bertz CT molecular complexity index is 2250. The highest BCUT2D eigenvalue weighted by Crippen LogP contribution is 2.48. The highest BCUT2D eigenvalue weighted by molar-refractivity contribution is 6.31. The van der Waals surface area contributed by atoms with Gasteiger partial charge in [-0.1, -0.05) is 109 Å². The van der Waals surface area contributed by atoms with Crippen LogP contribution in [0, 0.1) is 0 Å². The SMILES string of the molecule is FC(F)(F)c1ccc(-c2cc(-c3ccccc3)c3ccc4c(-c5ccccc5)cc(-c5ccc(C(F)(F)F)cc5)c5ccc2c3c45)cc1. The molecule has 0 heterocycles. The molecule has 48 heavy (non-hydrogen) atoms. The zero-order valence-corrected chi connectivity index (χ0v) is 25.1. The van der Waals surface area contributed by atoms with Crippen LogP contribution in [-0.2, 0) is 12.4 Å². The van der Waals surface area contributed by atoms with Crippen LogP contribution in [0.25, 0.3) is 76.8 Å². The number of hydrogen-bond acceptors (Lipinski definition) is 0. The van der Waals surface area contributed by atoms with Crippen molar-refractivity contribution in [2.75, 3.05) is 0 Å². The van der Waals surface area contributed by atoms with Crippen LogP contribution in [0.3, 0.4) is 0 Å². The van der Waals surface area contributed by atoms with Crippen molar-refractivity contribution < 1.29 is 26.3 Å². The van der Waals surface area contributed by atoms with E-state index in [1.165, 1.54) is 24.3 Å². The molecule has 8 aromatic rings. The number of halogens is 6. The second-order valence-corrected chi connectivity index (χ2v) is 11.9. The number of rotatable bonds is 4. The molecule has 0 amide bonds. The van der Waals surface area contributed by atoms with Crippen molar-refractivity contribution in [3.05, 3.63) is 157 Å². The van der Waals surface area contributed by atoms with Crippen LogP contribution >= 0.6 is 0 Å². The predicted molar refractivity (Wildman–Crippen MR) is 182 cm³/mol. The van der Waals surface area contributed by atoms with Gasteiger partial charge in [-0.15, -0.1) is 0 Å². The molecule has 8 aromatic carbocycles. The molecule has 0 bridgehead atoms. The summed E-state index contributed by atoms with van der Waals surface area (Å²) in [4.78, 5) is 0. The average molecular weight is 643 g/mol. The van der Waals surface area contributed by atoms with Crippen molar-refractivity contribution in [2.45, 2.75) is 12.4 Å². The van der Waals surface area contributed by atoms with Gasteiger partial charge in [-0.3, -0.25) is 0 Å². The van der Waals surface area contributed by atoms with Crippen LogP contribution in [0.15, 0.2) is 146 Å². The molecular formula is C42H24F6. The highest BCUT2D eigenvalue weighted by Gasteiger charge is 2.31. The van der Waals surface area contributed by atoms with E-state index in [-0.39, 0.29) is 0 Å². The Kier molecular flexibility index (Phi) is 6.81. The number of alkyl halides is 6. The molecule has 0 aromatic heterocycles. The minimum atomic E-state index is -4.46. The van der Waals surface area contributed by atoms with E-state index in [0.29, 0.717) is 11.1 Å². The molecule has 0 unspecified atom stereocenters. The van der Waals surface area contributed by atoms with Crippen LogP contribution in [0.5, 0.6) is 0 Å². The zero-order valence-electron chi connectivity index (χ0n) is 25.1. The van der Waals surface area contributed by atoms with Crippen LogP contribution in [-0.4, -0.2) is 0 Å². The molecule has 0 N–H and O–H groups in total. The first-order valence-corrected chi connectivity index (χ1v) is 15.3. The van der Waals surface area contributed by atoms with Crippen molar-refractivity contribution >= 4 is 32.3 Å². The first-order chi connectivity index (χ1) is 23.1. The predicted octanol–water partition coefficient (Wildman–Crippen LogP) is 13.3. The standard InChI is InChI=1S/C42H24F6/c43-41(44,45)29-15-11-27(12-16-29)37-23-35(25-7-3-1-4-8-25)31-19-20-32-36(26-9-5-2-6-10-26)24-38(34-22-21-33(37)39(31)40(32)34)28-13-17-30(18-14-28)42(46,47)48/h1-24H. The summed E-state index contributed by atoms with van der Waals surface area (Å²) in [6, 6.07) is 42.3. The largest absolute Gasteiger partial charge is 0.416 e. The molecule has 8 rings (SSSR count). The fourth-order valence-corrected chi connectivity index (χ4v) is 6.86. The van der Waals surface area contributed by atoms with Crippen LogP contribution in [0.4, 0.5) is 26.3 Å². The van der Waals surface area contributed by atoms with Gasteiger partial charge in [0, 0.05) is 0 Å². The van der Waals surface area contributed by atoms with Gasteiger partial charge in [0.1, 0.15) is 0 Å². The number of benzene rings is 8. The topological polar surface area (TPSA) is 0 Å². The maximum Gasteiger partial charge on any atom is 0.416 e. The maximum atomic E-state index is 13.5. The minimum absolute atomic E-state index is 0.643. The molecule has 234 valence electrons. The van der Waals surface area contributed by atoms with Crippen molar-refractivity contribution in [1.82, 2.24) is 0 Å². The van der Waals surface area contributed by atoms with Crippen molar-refractivity contribution in [3.63, 3.8) is 0 Å². The Labute approximate surface area is 271 Å². The molecule has 0 aliphatic heterocycles. The van der Waals surface area contributed by atoms with Gasteiger partial charge in [0.25, 0.3) is 0 Å².